The second-order valence-corrected chi connectivity index (χ2v) is 7.44. The average molecular weight is 347 g/mol. The first-order valence-electron chi connectivity index (χ1n) is 8.13. The Morgan fingerprint density at radius 1 is 1.28 bits per heavy atom. The highest BCUT2D eigenvalue weighted by atomic mass is 16.5. The molecule has 4 amide bonds. The fraction of sp³-hybridized carbons (Fsp3) is 0.500. The van der Waals surface area contributed by atoms with Gasteiger partial charge in [-0.2, -0.15) is 0 Å². The Kier molecular flexibility index (Phi) is 5.06. The van der Waals surface area contributed by atoms with Gasteiger partial charge >= 0.3 is 6.03 Å². The van der Waals surface area contributed by atoms with E-state index in [4.69, 9.17) is 4.74 Å². The van der Waals surface area contributed by atoms with Crippen LogP contribution >= 0.6 is 0 Å². The third kappa shape index (κ3) is 4.29. The number of carbonyl (C=O) groups excluding carboxylic acids is 3. The SMILES string of the molecule is COc1ccccc1C[C@@]1(C)NC(=O)N(CC(=O)NC(C)(C)C)C1=O. The lowest BCUT2D eigenvalue weighted by molar-refractivity contribution is -0.135. The fourth-order valence-electron chi connectivity index (χ4n) is 2.84. The molecule has 1 saturated heterocycles. The molecule has 1 heterocycles. The molecular weight excluding hydrogens is 322 g/mol. The van der Waals surface area contributed by atoms with Gasteiger partial charge in [0.15, 0.2) is 0 Å². The molecule has 0 radical (unpaired) electrons. The number of urea groups is 1. The predicted octanol–water partition coefficient (Wildman–Crippen LogP) is 1.46. The largest absolute Gasteiger partial charge is 0.496 e. The maximum atomic E-state index is 12.8. The van der Waals surface area contributed by atoms with Gasteiger partial charge in [-0.3, -0.25) is 14.5 Å². The highest BCUT2D eigenvalue weighted by Crippen LogP contribution is 2.27. The lowest BCUT2D eigenvalue weighted by Crippen LogP contribution is -2.49. The molecule has 136 valence electrons. The minimum atomic E-state index is -1.12. The number of ether oxygens (including phenoxy) is 1. The van der Waals surface area contributed by atoms with E-state index in [0.29, 0.717) is 5.75 Å². The van der Waals surface area contributed by atoms with Gasteiger partial charge in [0.25, 0.3) is 5.91 Å². The molecule has 2 N–H and O–H groups in total. The van der Waals surface area contributed by atoms with Gasteiger partial charge < -0.3 is 15.4 Å². The van der Waals surface area contributed by atoms with Crippen LogP contribution in [0.25, 0.3) is 0 Å². The normalized spacial score (nSPS) is 20.4. The number of nitrogens with one attached hydrogen (secondary N) is 2. The van der Waals surface area contributed by atoms with Crippen LogP contribution in [0.5, 0.6) is 5.75 Å². The van der Waals surface area contributed by atoms with Crippen molar-refractivity contribution >= 4 is 17.8 Å². The second kappa shape index (κ2) is 6.74. The maximum Gasteiger partial charge on any atom is 0.325 e. The van der Waals surface area contributed by atoms with Gasteiger partial charge in [-0.1, -0.05) is 18.2 Å². The van der Waals surface area contributed by atoms with Crippen molar-refractivity contribution in [2.24, 2.45) is 0 Å². The molecule has 1 aromatic rings. The van der Waals surface area contributed by atoms with Crippen molar-refractivity contribution in [2.45, 2.75) is 45.2 Å². The third-order valence-electron chi connectivity index (χ3n) is 3.90. The summed E-state index contributed by atoms with van der Waals surface area (Å²) in [6, 6.07) is 6.76. The van der Waals surface area contributed by atoms with Crippen LogP contribution in [0.15, 0.2) is 24.3 Å². The van der Waals surface area contributed by atoms with E-state index >= 15 is 0 Å². The zero-order chi connectivity index (χ0) is 18.8. The molecule has 1 atom stereocenters. The predicted molar refractivity (Wildman–Crippen MR) is 93.2 cm³/mol. The average Bonchev–Trinajstić information content (AvgIpc) is 2.69. The molecule has 1 aliphatic rings. The molecule has 0 aliphatic carbocycles. The Bertz CT molecular complexity index is 696. The highest BCUT2D eigenvalue weighted by molar-refractivity contribution is 6.09. The quantitative estimate of drug-likeness (QED) is 0.790. The van der Waals surface area contributed by atoms with Gasteiger partial charge in [0, 0.05) is 12.0 Å². The van der Waals surface area contributed by atoms with E-state index in [1.807, 2.05) is 39.0 Å². The van der Waals surface area contributed by atoms with Crippen molar-refractivity contribution in [3.8, 4) is 5.75 Å². The van der Waals surface area contributed by atoms with E-state index in [0.717, 1.165) is 10.5 Å². The van der Waals surface area contributed by atoms with E-state index in [2.05, 4.69) is 10.6 Å². The van der Waals surface area contributed by atoms with E-state index in [9.17, 15) is 14.4 Å². The van der Waals surface area contributed by atoms with Crippen molar-refractivity contribution in [2.75, 3.05) is 13.7 Å². The van der Waals surface area contributed by atoms with Crippen LogP contribution in [-0.2, 0) is 16.0 Å². The van der Waals surface area contributed by atoms with Gasteiger partial charge in [-0.05, 0) is 39.3 Å². The first-order valence-corrected chi connectivity index (χ1v) is 8.13. The van der Waals surface area contributed by atoms with Crippen LogP contribution in [-0.4, -0.2) is 47.5 Å². The summed E-state index contributed by atoms with van der Waals surface area (Å²) in [4.78, 5) is 38.0. The van der Waals surface area contributed by atoms with Gasteiger partial charge in [0.1, 0.15) is 17.8 Å². The van der Waals surface area contributed by atoms with Crippen molar-refractivity contribution < 1.29 is 19.1 Å². The van der Waals surface area contributed by atoms with Gasteiger partial charge in [-0.15, -0.1) is 0 Å². The van der Waals surface area contributed by atoms with Crippen molar-refractivity contribution in [1.82, 2.24) is 15.5 Å². The topological polar surface area (TPSA) is 87.7 Å². The number of carbonyl (C=O) groups is 3. The summed E-state index contributed by atoms with van der Waals surface area (Å²) >= 11 is 0. The van der Waals surface area contributed by atoms with Crippen molar-refractivity contribution in [3.63, 3.8) is 0 Å². The van der Waals surface area contributed by atoms with Crippen molar-refractivity contribution in [1.29, 1.82) is 0 Å². The Hall–Kier alpha value is -2.57. The summed E-state index contributed by atoms with van der Waals surface area (Å²) in [5, 5.41) is 5.45. The maximum absolute atomic E-state index is 12.8. The van der Waals surface area contributed by atoms with Gasteiger partial charge in [-0.25, -0.2) is 4.79 Å². The molecule has 0 bridgehead atoms. The summed E-state index contributed by atoms with van der Waals surface area (Å²) in [6.07, 6.45) is 0.277. The molecule has 1 aliphatic heterocycles. The molecular formula is C18H25N3O4. The number of rotatable bonds is 5. The first-order chi connectivity index (χ1) is 11.6. The summed E-state index contributed by atoms with van der Waals surface area (Å²) in [6.45, 7) is 6.86. The van der Waals surface area contributed by atoms with E-state index in [-0.39, 0.29) is 18.9 Å². The van der Waals surface area contributed by atoms with Crippen molar-refractivity contribution in [3.05, 3.63) is 29.8 Å². The molecule has 25 heavy (non-hydrogen) atoms. The zero-order valence-corrected chi connectivity index (χ0v) is 15.3. The fourth-order valence-corrected chi connectivity index (χ4v) is 2.84. The zero-order valence-electron chi connectivity index (χ0n) is 15.3. The molecule has 7 heteroatoms. The number of para-hydroxylation sites is 1. The van der Waals surface area contributed by atoms with Crippen LogP contribution in [0, 0.1) is 0 Å². The summed E-state index contributed by atoms with van der Waals surface area (Å²) < 4.78 is 5.31. The molecule has 0 unspecified atom stereocenters. The lowest BCUT2D eigenvalue weighted by atomic mass is 9.92. The number of benzene rings is 1. The van der Waals surface area contributed by atoms with Crippen LogP contribution in [0.3, 0.4) is 0 Å². The van der Waals surface area contributed by atoms with Crippen LogP contribution in [0.1, 0.15) is 33.3 Å². The second-order valence-electron chi connectivity index (χ2n) is 7.44. The van der Waals surface area contributed by atoms with E-state index in [1.165, 1.54) is 0 Å². The number of methoxy groups -OCH3 is 1. The minimum absolute atomic E-state index is 0.277. The lowest BCUT2D eigenvalue weighted by Gasteiger charge is -2.24. The Morgan fingerprint density at radius 3 is 2.52 bits per heavy atom. The highest BCUT2D eigenvalue weighted by Gasteiger charge is 2.48. The van der Waals surface area contributed by atoms with Gasteiger partial charge in [0.05, 0.1) is 7.11 Å². The van der Waals surface area contributed by atoms with Crippen LogP contribution in [0.2, 0.25) is 0 Å². The minimum Gasteiger partial charge on any atom is -0.496 e. The van der Waals surface area contributed by atoms with Crippen LogP contribution < -0.4 is 15.4 Å². The smallest absolute Gasteiger partial charge is 0.325 e. The first kappa shape index (κ1) is 18.8. The molecule has 1 fully saturated rings. The molecule has 2 rings (SSSR count). The summed E-state index contributed by atoms with van der Waals surface area (Å²) in [5.41, 5.74) is -0.743. The van der Waals surface area contributed by atoms with Gasteiger partial charge in [0.2, 0.25) is 5.91 Å². The number of imide groups is 1. The Labute approximate surface area is 147 Å². The number of amides is 4. The number of nitrogens with zero attached hydrogens (tertiary/aromatic N) is 1. The molecule has 7 nitrogen and oxygen atoms in total. The molecule has 0 spiro atoms. The van der Waals surface area contributed by atoms with Crippen LogP contribution in [0.4, 0.5) is 4.79 Å². The van der Waals surface area contributed by atoms with E-state index < -0.39 is 23.0 Å². The summed E-state index contributed by atoms with van der Waals surface area (Å²) in [7, 11) is 1.55. The molecule has 0 saturated carbocycles. The third-order valence-corrected chi connectivity index (χ3v) is 3.90. The Balaban J connectivity index is 2.15. The monoisotopic (exact) mass is 347 g/mol. The number of hydrogen-bond acceptors (Lipinski definition) is 4. The summed E-state index contributed by atoms with van der Waals surface area (Å²) in [5.74, 6) is -0.153. The molecule has 1 aromatic carbocycles. The standard InChI is InChI=1S/C18H25N3O4/c1-17(2,3)19-14(22)11-21-15(23)18(4,20-16(21)24)10-12-8-6-7-9-13(12)25-5/h6-9H,10-11H2,1-5H3,(H,19,22)(H,20,24)/t18-/m1/s1. The van der Waals surface area contributed by atoms with E-state index in [1.54, 1.807) is 20.1 Å². The Morgan fingerprint density at radius 2 is 1.92 bits per heavy atom. The molecule has 0 aromatic heterocycles. The number of hydrogen-bond donors (Lipinski definition) is 2.